The molecule has 2 aliphatic rings. The van der Waals surface area contributed by atoms with Gasteiger partial charge in [0, 0.05) is 42.3 Å². The van der Waals surface area contributed by atoms with Crippen molar-refractivity contribution in [3.05, 3.63) is 58.6 Å². The molecule has 6 heteroatoms. The molecule has 2 aliphatic heterocycles. The molecule has 2 aromatic carbocycles. The lowest BCUT2D eigenvalue weighted by Crippen LogP contribution is -2.36. The van der Waals surface area contributed by atoms with Gasteiger partial charge in [0.15, 0.2) is 0 Å². The normalized spacial score (nSPS) is 24.3. The molecule has 0 saturated carbocycles. The molecule has 2 saturated heterocycles. The average Bonchev–Trinajstić information content (AvgIpc) is 3.22. The van der Waals surface area contributed by atoms with E-state index in [0.717, 1.165) is 36.6 Å². The van der Waals surface area contributed by atoms with Crippen LogP contribution in [0, 0.1) is 18.8 Å². The van der Waals surface area contributed by atoms with E-state index in [4.69, 9.17) is 16.3 Å². The zero-order chi connectivity index (χ0) is 19.8. The number of carbonyl (C=O) groups is 1. The van der Waals surface area contributed by atoms with Crippen LogP contribution < -0.4 is 10.1 Å². The summed E-state index contributed by atoms with van der Waals surface area (Å²) >= 11 is 6.18. The number of amides is 2. The van der Waals surface area contributed by atoms with Crippen molar-refractivity contribution < 1.29 is 9.53 Å². The second-order valence-corrected chi connectivity index (χ2v) is 8.24. The summed E-state index contributed by atoms with van der Waals surface area (Å²) in [6, 6.07) is 14.2. The molecule has 3 atom stereocenters. The van der Waals surface area contributed by atoms with E-state index in [1.54, 1.807) is 7.11 Å². The van der Waals surface area contributed by atoms with Crippen molar-refractivity contribution in [3.8, 4) is 5.75 Å². The molecule has 0 aliphatic carbocycles. The number of halogens is 1. The van der Waals surface area contributed by atoms with Crippen LogP contribution in [0.3, 0.4) is 0 Å². The fraction of sp³-hybridized carbons (Fsp3) is 0.409. The van der Waals surface area contributed by atoms with Gasteiger partial charge >= 0.3 is 6.03 Å². The zero-order valence-corrected chi connectivity index (χ0v) is 17.2. The molecule has 0 unspecified atom stereocenters. The number of ether oxygens (including phenoxy) is 1. The molecule has 148 valence electrons. The van der Waals surface area contributed by atoms with Crippen molar-refractivity contribution in [2.75, 3.05) is 39.1 Å². The van der Waals surface area contributed by atoms with Gasteiger partial charge in [0.1, 0.15) is 5.75 Å². The smallest absolute Gasteiger partial charge is 0.321 e. The summed E-state index contributed by atoms with van der Waals surface area (Å²) in [5.41, 5.74) is 2.95. The van der Waals surface area contributed by atoms with Gasteiger partial charge in [0.25, 0.3) is 0 Å². The number of hydrogen-bond acceptors (Lipinski definition) is 3. The zero-order valence-electron chi connectivity index (χ0n) is 16.5. The van der Waals surface area contributed by atoms with Crippen LogP contribution in [0.2, 0.25) is 5.02 Å². The molecule has 2 heterocycles. The predicted molar refractivity (Wildman–Crippen MR) is 112 cm³/mol. The number of fused-ring (bicyclic) bond motifs is 1. The molecule has 28 heavy (non-hydrogen) atoms. The molecule has 1 N–H and O–H groups in total. The van der Waals surface area contributed by atoms with Gasteiger partial charge < -0.3 is 15.0 Å². The Morgan fingerprint density at radius 2 is 1.89 bits per heavy atom. The molecule has 4 rings (SSSR count). The number of urea groups is 1. The maximum absolute atomic E-state index is 12.9. The minimum atomic E-state index is -0.0455. The van der Waals surface area contributed by atoms with Crippen molar-refractivity contribution in [2.45, 2.75) is 13.0 Å². The van der Waals surface area contributed by atoms with Crippen LogP contribution in [-0.2, 0) is 0 Å². The molecule has 2 aromatic rings. The number of likely N-dealkylation sites (tertiary alicyclic amines) is 2. The van der Waals surface area contributed by atoms with Gasteiger partial charge in [-0.15, -0.1) is 0 Å². The van der Waals surface area contributed by atoms with Crippen molar-refractivity contribution in [2.24, 2.45) is 11.8 Å². The van der Waals surface area contributed by atoms with Crippen LogP contribution >= 0.6 is 11.6 Å². The summed E-state index contributed by atoms with van der Waals surface area (Å²) in [6.45, 7) is 4.47. The Morgan fingerprint density at radius 1 is 1.14 bits per heavy atom. The molecular weight excluding hydrogens is 374 g/mol. The Hall–Kier alpha value is -2.24. The second kappa shape index (κ2) is 7.64. The molecule has 0 aromatic heterocycles. The van der Waals surface area contributed by atoms with Gasteiger partial charge in [-0.05, 0) is 55.3 Å². The highest BCUT2D eigenvalue weighted by Gasteiger charge is 2.47. The Balaban J connectivity index is 1.47. The summed E-state index contributed by atoms with van der Waals surface area (Å²) in [6.07, 6.45) is 0. The van der Waals surface area contributed by atoms with Crippen molar-refractivity contribution in [3.63, 3.8) is 0 Å². The van der Waals surface area contributed by atoms with Crippen molar-refractivity contribution in [1.82, 2.24) is 9.80 Å². The fourth-order valence-corrected chi connectivity index (χ4v) is 4.84. The first-order valence-corrected chi connectivity index (χ1v) is 10.0. The van der Waals surface area contributed by atoms with Crippen molar-refractivity contribution in [1.29, 1.82) is 0 Å². The van der Waals surface area contributed by atoms with Crippen molar-refractivity contribution >= 4 is 23.3 Å². The molecule has 0 spiro atoms. The summed E-state index contributed by atoms with van der Waals surface area (Å²) in [5.74, 6) is 1.79. The maximum Gasteiger partial charge on any atom is 0.321 e. The van der Waals surface area contributed by atoms with Gasteiger partial charge in [0.2, 0.25) is 0 Å². The number of carbonyl (C=O) groups excluding carboxylic acids is 1. The number of methoxy groups -OCH3 is 1. The highest BCUT2D eigenvalue weighted by molar-refractivity contribution is 6.31. The summed E-state index contributed by atoms with van der Waals surface area (Å²) in [7, 11) is 3.86. The van der Waals surface area contributed by atoms with E-state index < -0.39 is 0 Å². The largest absolute Gasteiger partial charge is 0.497 e. The van der Waals surface area contributed by atoms with Gasteiger partial charge in [-0.1, -0.05) is 29.8 Å². The van der Waals surface area contributed by atoms with Crippen LogP contribution in [0.4, 0.5) is 10.5 Å². The van der Waals surface area contributed by atoms with E-state index in [9.17, 15) is 4.79 Å². The SMILES string of the molecule is COc1ccc([C@@H]2[C@@H]3CN(C(=O)Nc4cccc(Cl)c4C)C[C@@H]3CN2C)cc1. The summed E-state index contributed by atoms with van der Waals surface area (Å²) < 4.78 is 5.28. The summed E-state index contributed by atoms with van der Waals surface area (Å²) in [5, 5.41) is 3.70. The van der Waals surface area contributed by atoms with Crippen LogP contribution in [0.5, 0.6) is 5.75 Å². The number of hydrogen-bond donors (Lipinski definition) is 1. The number of nitrogens with one attached hydrogen (secondary N) is 1. The lowest BCUT2D eigenvalue weighted by atomic mass is 9.89. The second-order valence-electron chi connectivity index (χ2n) is 7.83. The minimum Gasteiger partial charge on any atom is -0.497 e. The van der Waals surface area contributed by atoms with E-state index in [-0.39, 0.29) is 6.03 Å². The maximum atomic E-state index is 12.9. The van der Waals surface area contributed by atoms with E-state index in [2.05, 4.69) is 29.4 Å². The monoisotopic (exact) mass is 399 g/mol. The predicted octanol–water partition coefficient (Wildman–Crippen LogP) is 4.42. The highest BCUT2D eigenvalue weighted by atomic mass is 35.5. The minimum absolute atomic E-state index is 0.0455. The van der Waals surface area contributed by atoms with Crippen LogP contribution in [0.15, 0.2) is 42.5 Å². The average molecular weight is 400 g/mol. The van der Waals surface area contributed by atoms with E-state index in [1.165, 1.54) is 5.56 Å². The first kappa shape index (κ1) is 19.1. The fourth-order valence-electron chi connectivity index (χ4n) is 4.66. The Labute approximate surface area is 171 Å². The van der Waals surface area contributed by atoms with Crippen LogP contribution in [-0.4, -0.2) is 49.6 Å². The molecule has 0 radical (unpaired) electrons. The van der Waals surface area contributed by atoms with E-state index in [0.29, 0.717) is 22.9 Å². The van der Waals surface area contributed by atoms with Gasteiger partial charge in [0.05, 0.1) is 7.11 Å². The quantitative estimate of drug-likeness (QED) is 0.830. The molecule has 0 bridgehead atoms. The topological polar surface area (TPSA) is 44.8 Å². The summed E-state index contributed by atoms with van der Waals surface area (Å²) in [4.78, 5) is 17.2. The third-order valence-corrected chi connectivity index (χ3v) is 6.56. The lowest BCUT2D eigenvalue weighted by Gasteiger charge is -2.27. The standard InChI is InChI=1S/C22H26ClN3O2/c1-14-19(23)5-4-6-20(14)24-22(27)26-12-16-11-25(2)21(18(16)13-26)15-7-9-17(28-3)10-8-15/h4-10,16,18,21H,11-13H2,1-3H3,(H,24,27)/t16-,18+,21+/m0/s1. The lowest BCUT2D eigenvalue weighted by molar-refractivity contribution is 0.206. The van der Waals surface area contributed by atoms with Crippen LogP contribution in [0.25, 0.3) is 0 Å². The van der Waals surface area contributed by atoms with Gasteiger partial charge in [-0.2, -0.15) is 0 Å². The van der Waals surface area contributed by atoms with E-state index >= 15 is 0 Å². The Bertz CT molecular complexity index is 871. The number of rotatable bonds is 3. The van der Waals surface area contributed by atoms with Gasteiger partial charge in [-0.25, -0.2) is 4.79 Å². The molecule has 2 amide bonds. The number of benzene rings is 2. The molecular formula is C22H26ClN3O2. The number of anilines is 1. The van der Waals surface area contributed by atoms with Gasteiger partial charge in [-0.3, -0.25) is 4.90 Å². The first-order chi connectivity index (χ1) is 13.5. The Kier molecular flexibility index (Phi) is 5.21. The Morgan fingerprint density at radius 3 is 2.61 bits per heavy atom. The number of nitrogens with zero attached hydrogens (tertiary/aromatic N) is 2. The third-order valence-electron chi connectivity index (χ3n) is 6.15. The first-order valence-electron chi connectivity index (χ1n) is 9.63. The molecule has 2 fully saturated rings. The van der Waals surface area contributed by atoms with E-state index in [1.807, 2.05) is 42.2 Å². The van der Waals surface area contributed by atoms with Crippen LogP contribution in [0.1, 0.15) is 17.2 Å². The molecule has 5 nitrogen and oxygen atoms in total. The highest BCUT2D eigenvalue weighted by Crippen LogP contribution is 2.44. The third kappa shape index (κ3) is 3.45.